The number of esters is 4. The molecule has 4 atom stereocenters. The van der Waals surface area contributed by atoms with Crippen LogP contribution in [0.25, 0.3) is 0 Å². The summed E-state index contributed by atoms with van der Waals surface area (Å²) in [7, 11) is 5.32. The fourth-order valence-electron chi connectivity index (χ4n) is 15.5. The molecule has 0 aromatic heterocycles. The summed E-state index contributed by atoms with van der Waals surface area (Å²) in [6.45, 7) is 17.7. The SMILES string of the molecule is CCCCCCCCCCCOC(=O)CCCC(O)CN(CCCCN(C)C(=O)CN(C)CC(=O)N(C)CCCCN(CC(O)CCCC(=O)OCCCCCCCCCCC)CC(O)CCC(=O)OC(CCCCCCCC)CCCCCCCC)CC(O)CCCCCC(=O)OC(CCCCCCCC)CCCCCCCC. The first-order chi connectivity index (χ1) is 55.8. The zero-order valence-electron chi connectivity index (χ0n) is 76.6. The van der Waals surface area contributed by atoms with Crippen LogP contribution in [0.1, 0.15) is 446 Å². The summed E-state index contributed by atoms with van der Waals surface area (Å²) in [4.78, 5) is 88.3. The van der Waals surface area contributed by atoms with E-state index in [0.29, 0.717) is 123 Å². The molecule has 680 valence electrons. The van der Waals surface area contributed by atoms with Gasteiger partial charge < -0.3 is 49.2 Å². The number of hydrogen-bond acceptors (Lipinski definition) is 17. The number of carbonyl (C=O) groups is 6. The van der Waals surface area contributed by atoms with Crippen LogP contribution >= 0.6 is 0 Å². The lowest BCUT2D eigenvalue weighted by Crippen LogP contribution is -2.42. The second-order valence-corrected chi connectivity index (χ2v) is 34.8. The average Bonchev–Trinajstić information content (AvgIpc) is 0.935. The van der Waals surface area contributed by atoms with Gasteiger partial charge >= 0.3 is 23.9 Å². The van der Waals surface area contributed by atoms with E-state index in [1.807, 2.05) is 4.90 Å². The minimum Gasteiger partial charge on any atom is -0.466 e. The molecule has 4 unspecified atom stereocenters. The van der Waals surface area contributed by atoms with Gasteiger partial charge in [-0.05, 0) is 155 Å². The van der Waals surface area contributed by atoms with E-state index in [0.717, 1.165) is 116 Å². The van der Waals surface area contributed by atoms with Crippen molar-refractivity contribution < 1.29 is 68.1 Å². The van der Waals surface area contributed by atoms with Gasteiger partial charge in [-0.25, -0.2) is 0 Å². The summed E-state index contributed by atoms with van der Waals surface area (Å²) in [5.41, 5.74) is 0. The largest absolute Gasteiger partial charge is 0.466 e. The van der Waals surface area contributed by atoms with Crippen LogP contribution in [-0.4, -0.2) is 217 Å². The first kappa shape index (κ1) is 112. The Hall–Kier alpha value is -3.46. The van der Waals surface area contributed by atoms with E-state index < -0.39 is 24.4 Å². The van der Waals surface area contributed by atoms with E-state index in [4.69, 9.17) is 18.9 Å². The highest BCUT2D eigenvalue weighted by Gasteiger charge is 2.24. The Labute approximate surface area is 707 Å². The normalized spacial score (nSPS) is 12.9. The molecular formula is C96H187N5O14. The van der Waals surface area contributed by atoms with Crippen LogP contribution in [-0.2, 0) is 47.7 Å². The second-order valence-electron chi connectivity index (χ2n) is 34.8. The third-order valence-corrected chi connectivity index (χ3v) is 23.0. The van der Waals surface area contributed by atoms with E-state index >= 15 is 0 Å². The van der Waals surface area contributed by atoms with Crippen molar-refractivity contribution in [2.45, 2.75) is 483 Å². The summed E-state index contributed by atoms with van der Waals surface area (Å²) in [6.07, 6.45) is 59.4. The van der Waals surface area contributed by atoms with Crippen LogP contribution in [0.3, 0.4) is 0 Å². The molecule has 0 saturated carbocycles. The van der Waals surface area contributed by atoms with Crippen LogP contribution in [0.15, 0.2) is 0 Å². The van der Waals surface area contributed by atoms with E-state index in [1.54, 1.807) is 35.8 Å². The van der Waals surface area contributed by atoms with Gasteiger partial charge in [-0.2, -0.15) is 0 Å². The fourth-order valence-corrected chi connectivity index (χ4v) is 15.5. The van der Waals surface area contributed by atoms with Crippen molar-refractivity contribution >= 4 is 35.7 Å². The summed E-state index contributed by atoms with van der Waals surface area (Å²) < 4.78 is 23.3. The van der Waals surface area contributed by atoms with Crippen molar-refractivity contribution in [3.8, 4) is 0 Å². The number of carbonyl (C=O) groups excluding carboxylic acids is 6. The van der Waals surface area contributed by atoms with Crippen molar-refractivity contribution in [1.82, 2.24) is 24.5 Å². The second kappa shape index (κ2) is 82.8. The molecule has 115 heavy (non-hydrogen) atoms. The summed E-state index contributed by atoms with van der Waals surface area (Å²) in [6, 6.07) is 0. The molecule has 0 rings (SSSR count). The Morgan fingerprint density at radius 1 is 0.252 bits per heavy atom. The summed E-state index contributed by atoms with van der Waals surface area (Å²) >= 11 is 0. The molecule has 0 aliphatic carbocycles. The predicted molar refractivity (Wildman–Crippen MR) is 476 cm³/mol. The zero-order valence-corrected chi connectivity index (χ0v) is 76.6. The van der Waals surface area contributed by atoms with Crippen LogP contribution in [0.4, 0.5) is 0 Å². The minimum absolute atomic E-state index is 0.00880. The molecule has 0 bridgehead atoms. The van der Waals surface area contributed by atoms with Crippen LogP contribution in [0, 0.1) is 0 Å². The van der Waals surface area contributed by atoms with Gasteiger partial charge in [0.2, 0.25) is 11.8 Å². The van der Waals surface area contributed by atoms with Gasteiger partial charge in [-0.15, -0.1) is 0 Å². The van der Waals surface area contributed by atoms with E-state index in [9.17, 15) is 49.2 Å². The Balaban J connectivity index is 5.67. The standard InChI is InChI=1S/C96H187N5O14/c1-10-16-22-28-34-36-38-44-57-77-112-93(108)69-59-62-86(103)80-100(79-85(102)61-47-46-52-68-95(110)114-89(64-48-40-30-24-18-12-3)65-49-41-31-25-19-13-4)75-55-53-73-98(8)91(106)83-97(7)84-92(107)99(9)74-54-56-76-101(81-87(104)63-60-70-94(109)113-78-58-45-39-37-35-29-23-17-11-2)82-88(105)71-72-96(111)115-90(66-50-42-32-26-20-14-5)67-51-43-33-27-21-15-6/h85-90,102-105H,10-84H2,1-9H3. The van der Waals surface area contributed by atoms with Gasteiger partial charge in [0.1, 0.15) is 12.2 Å². The van der Waals surface area contributed by atoms with Gasteiger partial charge in [0, 0.05) is 79.0 Å². The molecule has 19 nitrogen and oxygen atoms in total. The number of unbranched alkanes of at least 4 members (excludes halogenated alkanes) is 40. The maximum atomic E-state index is 13.6. The summed E-state index contributed by atoms with van der Waals surface area (Å²) in [5, 5.41) is 45.5. The fraction of sp³-hybridized carbons (Fsp3) is 0.938. The molecule has 0 aromatic carbocycles. The third kappa shape index (κ3) is 75.3. The molecule has 19 heteroatoms. The highest BCUT2D eigenvalue weighted by atomic mass is 16.6. The van der Waals surface area contributed by atoms with Crippen molar-refractivity contribution in [2.24, 2.45) is 0 Å². The van der Waals surface area contributed by atoms with Crippen LogP contribution in [0.5, 0.6) is 0 Å². The number of ether oxygens (including phenoxy) is 4. The van der Waals surface area contributed by atoms with E-state index in [-0.39, 0.29) is 99.8 Å². The number of nitrogens with zero attached hydrogens (tertiary/aromatic N) is 5. The molecule has 0 radical (unpaired) electrons. The molecule has 0 heterocycles. The maximum absolute atomic E-state index is 13.6. The number of aliphatic hydroxyl groups is 4. The Morgan fingerprint density at radius 3 is 0.817 bits per heavy atom. The summed E-state index contributed by atoms with van der Waals surface area (Å²) in [5.74, 6) is -1.09. The van der Waals surface area contributed by atoms with Gasteiger partial charge in [-0.3, -0.25) is 43.5 Å². The third-order valence-electron chi connectivity index (χ3n) is 23.0. The first-order valence-corrected chi connectivity index (χ1v) is 48.8. The Kier molecular flexibility index (Phi) is 80.3. The lowest BCUT2D eigenvalue weighted by atomic mass is 10.0. The minimum atomic E-state index is -0.829. The highest BCUT2D eigenvalue weighted by Crippen LogP contribution is 2.23. The maximum Gasteiger partial charge on any atom is 0.306 e. The number of amides is 2. The smallest absolute Gasteiger partial charge is 0.306 e. The quantitative estimate of drug-likeness (QED) is 0.0252. The monoisotopic (exact) mass is 1630 g/mol. The molecule has 2 amide bonds. The Morgan fingerprint density at radius 2 is 0.496 bits per heavy atom. The number of hydrogen-bond donors (Lipinski definition) is 4. The van der Waals surface area contributed by atoms with Crippen molar-refractivity contribution in [3.63, 3.8) is 0 Å². The topological polar surface area (TPSA) is 236 Å². The molecule has 0 fully saturated rings. The number of aliphatic hydroxyl groups excluding tert-OH is 4. The van der Waals surface area contributed by atoms with Crippen molar-refractivity contribution in [3.05, 3.63) is 0 Å². The van der Waals surface area contributed by atoms with E-state index in [1.165, 1.54) is 193 Å². The lowest BCUT2D eigenvalue weighted by molar-refractivity contribution is -0.151. The van der Waals surface area contributed by atoms with Crippen molar-refractivity contribution in [1.29, 1.82) is 0 Å². The first-order valence-electron chi connectivity index (χ1n) is 48.8. The zero-order chi connectivity index (χ0) is 84.7. The Bertz CT molecular complexity index is 2170. The van der Waals surface area contributed by atoms with Gasteiger partial charge in [0.15, 0.2) is 0 Å². The molecule has 0 aliphatic heterocycles. The van der Waals surface area contributed by atoms with Crippen molar-refractivity contribution in [2.75, 3.05) is 99.8 Å². The van der Waals surface area contributed by atoms with E-state index in [2.05, 4.69) is 46.4 Å². The molecule has 4 N–H and O–H groups in total. The van der Waals surface area contributed by atoms with Crippen LogP contribution < -0.4 is 0 Å². The molecule has 0 aliphatic rings. The highest BCUT2D eigenvalue weighted by molar-refractivity contribution is 5.81. The number of rotatable bonds is 89. The molecular weight excluding hydrogens is 1450 g/mol. The number of likely N-dealkylation sites (N-methyl/N-ethyl adjacent to an activating group) is 3. The van der Waals surface area contributed by atoms with Gasteiger partial charge in [0.05, 0.1) is 50.7 Å². The average molecular weight is 1640 g/mol. The molecule has 0 spiro atoms. The predicted octanol–water partition coefficient (Wildman–Crippen LogP) is 21.5. The van der Waals surface area contributed by atoms with Crippen LogP contribution in [0.2, 0.25) is 0 Å². The molecule has 0 saturated heterocycles. The van der Waals surface area contributed by atoms with Gasteiger partial charge in [-0.1, -0.05) is 286 Å². The lowest BCUT2D eigenvalue weighted by Gasteiger charge is -2.28. The molecule has 0 aromatic rings. The van der Waals surface area contributed by atoms with Gasteiger partial charge in [0.25, 0.3) is 0 Å².